The maximum absolute atomic E-state index is 12.6. The Labute approximate surface area is 128 Å². The lowest BCUT2D eigenvalue weighted by atomic mass is 9.95. The van der Waals surface area contributed by atoms with Crippen LogP contribution in [0.2, 0.25) is 0 Å². The lowest BCUT2D eigenvalue weighted by Crippen LogP contribution is -2.41. The van der Waals surface area contributed by atoms with Crippen LogP contribution in [0, 0.1) is 5.92 Å². The number of carbonyl (C=O) groups excluding carboxylic acids is 1. The third-order valence-electron chi connectivity index (χ3n) is 4.48. The molecule has 0 unspecified atom stereocenters. The molecule has 2 saturated heterocycles. The molecule has 0 spiro atoms. The summed E-state index contributed by atoms with van der Waals surface area (Å²) in [5.41, 5.74) is 0.649. The van der Waals surface area contributed by atoms with Crippen molar-refractivity contribution < 1.29 is 23.7 Å². The molecule has 0 aliphatic carbocycles. The van der Waals surface area contributed by atoms with Gasteiger partial charge in [0.15, 0.2) is 17.8 Å². The number of benzene rings is 1. The summed E-state index contributed by atoms with van der Waals surface area (Å²) in [7, 11) is 0. The Morgan fingerprint density at radius 2 is 1.77 bits per heavy atom. The maximum Gasteiger partial charge on any atom is 0.253 e. The number of hydrogen-bond donors (Lipinski definition) is 0. The van der Waals surface area contributed by atoms with Gasteiger partial charge in [-0.3, -0.25) is 4.79 Å². The van der Waals surface area contributed by atoms with Crippen LogP contribution < -0.4 is 9.47 Å². The number of rotatable bonds is 2. The molecule has 0 bridgehead atoms. The average molecular weight is 305 g/mol. The summed E-state index contributed by atoms with van der Waals surface area (Å²) in [4.78, 5) is 14.5. The summed E-state index contributed by atoms with van der Waals surface area (Å²) >= 11 is 0. The molecule has 0 N–H and O–H groups in total. The number of fused-ring (bicyclic) bond motifs is 1. The van der Waals surface area contributed by atoms with Gasteiger partial charge in [-0.05, 0) is 31.0 Å². The topological polar surface area (TPSA) is 57.2 Å². The van der Waals surface area contributed by atoms with Gasteiger partial charge in [-0.1, -0.05) is 0 Å². The van der Waals surface area contributed by atoms with E-state index in [2.05, 4.69) is 0 Å². The Morgan fingerprint density at radius 1 is 1.05 bits per heavy atom. The van der Waals surface area contributed by atoms with Crippen LogP contribution >= 0.6 is 0 Å². The van der Waals surface area contributed by atoms with Crippen LogP contribution in [0.25, 0.3) is 0 Å². The molecular weight excluding hydrogens is 286 g/mol. The fourth-order valence-corrected chi connectivity index (χ4v) is 3.24. The van der Waals surface area contributed by atoms with Crippen LogP contribution in [0.15, 0.2) is 18.2 Å². The minimum atomic E-state index is -0.0807. The van der Waals surface area contributed by atoms with Crippen LogP contribution in [0.5, 0.6) is 11.5 Å². The molecule has 1 aromatic carbocycles. The van der Waals surface area contributed by atoms with E-state index in [0.29, 0.717) is 36.2 Å². The maximum atomic E-state index is 12.6. The van der Waals surface area contributed by atoms with Gasteiger partial charge in [0.1, 0.15) is 0 Å². The van der Waals surface area contributed by atoms with Crippen molar-refractivity contribution >= 4 is 5.91 Å². The monoisotopic (exact) mass is 305 g/mol. The van der Waals surface area contributed by atoms with E-state index < -0.39 is 0 Å². The van der Waals surface area contributed by atoms with Gasteiger partial charge in [0.25, 0.3) is 5.91 Å². The summed E-state index contributed by atoms with van der Waals surface area (Å²) in [5, 5.41) is 0. The van der Waals surface area contributed by atoms with Crippen LogP contribution in [0.1, 0.15) is 23.2 Å². The Kier molecular flexibility index (Phi) is 3.63. The van der Waals surface area contributed by atoms with Crippen LogP contribution in [-0.2, 0) is 9.47 Å². The molecular formula is C16H19NO5. The zero-order chi connectivity index (χ0) is 14.9. The third kappa shape index (κ3) is 2.53. The van der Waals surface area contributed by atoms with E-state index in [1.807, 2.05) is 4.90 Å². The first kappa shape index (κ1) is 13.8. The van der Waals surface area contributed by atoms with Crippen LogP contribution in [0.3, 0.4) is 0 Å². The largest absolute Gasteiger partial charge is 0.454 e. The summed E-state index contributed by atoms with van der Waals surface area (Å²) in [6.07, 6.45) is 1.75. The fourth-order valence-electron chi connectivity index (χ4n) is 3.24. The molecule has 6 heteroatoms. The molecule has 0 aromatic heterocycles. The summed E-state index contributed by atoms with van der Waals surface area (Å²) < 4.78 is 21.7. The molecule has 118 valence electrons. The van der Waals surface area contributed by atoms with E-state index >= 15 is 0 Å². The number of nitrogens with zero attached hydrogens (tertiary/aromatic N) is 1. The molecule has 1 amide bonds. The molecule has 0 saturated carbocycles. The number of hydrogen-bond acceptors (Lipinski definition) is 5. The van der Waals surface area contributed by atoms with Gasteiger partial charge < -0.3 is 23.8 Å². The SMILES string of the molecule is O=C(c1ccc2c(c1)OCO2)N1CCC(C2OCCO2)CC1. The van der Waals surface area contributed by atoms with Crippen molar-refractivity contribution in [3.05, 3.63) is 23.8 Å². The first-order valence-electron chi connectivity index (χ1n) is 7.73. The second-order valence-corrected chi connectivity index (χ2v) is 5.81. The lowest BCUT2D eigenvalue weighted by Gasteiger charge is -2.33. The van der Waals surface area contributed by atoms with E-state index in [9.17, 15) is 4.79 Å². The van der Waals surface area contributed by atoms with Crippen LogP contribution in [0.4, 0.5) is 0 Å². The molecule has 0 radical (unpaired) electrons. The first-order valence-corrected chi connectivity index (χ1v) is 7.73. The van der Waals surface area contributed by atoms with E-state index in [1.54, 1.807) is 18.2 Å². The van der Waals surface area contributed by atoms with Crippen molar-refractivity contribution in [1.29, 1.82) is 0 Å². The van der Waals surface area contributed by atoms with Crippen molar-refractivity contribution in [3.63, 3.8) is 0 Å². The molecule has 3 aliphatic heterocycles. The minimum absolute atomic E-state index is 0.0463. The number of amides is 1. The number of likely N-dealkylation sites (tertiary alicyclic amines) is 1. The fraction of sp³-hybridized carbons (Fsp3) is 0.562. The molecule has 6 nitrogen and oxygen atoms in total. The van der Waals surface area contributed by atoms with E-state index in [4.69, 9.17) is 18.9 Å². The highest BCUT2D eigenvalue weighted by atomic mass is 16.7. The summed E-state index contributed by atoms with van der Waals surface area (Å²) in [6, 6.07) is 5.35. The van der Waals surface area contributed by atoms with Crippen LogP contribution in [-0.4, -0.2) is 50.2 Å². The molecule has 3 heterocycles. The average Bonchev–Trinajstić information content (AvgIpc) is 3.25. The van der Waals surface area contributed by atoms with E-state index in [0.717, 1.165) is 25.9 Å². The predicted octanol–water partition coefficient (Wildman–Crippen LogP) is 1.64. The normalized spacial score (nSPS) is 22.3. The Balaban J connectivity index is 1.39. The number of ether oxygens (including phenoxy) is 4. The molecule has 1 aromatic rings. The molecule has 3 aliphatic rings. The molecule has 4 rings (SSSR count). The minimum Gasteiger partial charge on any atom is -0.454 e. The zero-order valence-corrected chi connectivity index (χ0v) is 12.3. The predicted molar refractivity (Wildman–Crippen MR) is 76.9 cm³/mol. The number of piperidine rings is 1. The second kappa shape index (κ2) is 5.78. The molecule has 22 heavy (non-hydrogen) atoms. The van der Waals surface area contributed by atoms with Crippen molar-refractivity contribution in [2.45, 2.75) is 19.1 Å². The van der Waals surface area contributed by atoms with E-state index in [1.165, 1.54) is 0 Å². The second-order valence-electron chi connectivity index (χ2n) is 5.81. The van der Waals surface area contributed by atoms with Gasteiger partial charge in [0, 0.05) is 24.6 Å². The van der Waals surface area contributed by atoms with Crippen molar-refractivity contribution in [1.82, 2.24) is 4.90 Å². The molecule has 0 atom stereocenters. The van der Waals surface area contributed by atoms with E-state index in [-0.39, 0.29) is 19.0 Å². The quantitative estimate of drug-likeness (QED) is 0.831. The van der Waals surface area contributed by atoms with Crippen molar-refractivity contribution in [3.8, 4) is 11.5 Å². The van der Waals surface area contributed by atoms with Gasteiger partial charge in [0.2, 0.25) is 6.79 Å². The van der Waals surface area contributed by atoms with Crippen molar-refractivity contribution in [2.75, 3.05) is 33.1 Å². The Hall–Kier alpha value is -1.79. The van der Waals surface area contributed by atoms with Gasteiger partial charge in [-0.15, -0.1) is 0 Å². The third-order valence-corrected chi connectivity index (χ3v) is 4.48. The number of carbonyl (C=O) groups is 1. The van der Waals surface area contributed by atoms with Gasteiger partial charge in [0.05, 0.1) is 13.2 Å². The smallest absolute Gasteiger partial charge is 0.253 e. The van der Waals surface area contributed by atoms with Gasteiger partial charge in [-0.25, -0.2) is 0 Å². The summed E-state index contributed by atoms with van der Waals surface area (Å²) in [6.45, 7) is 3.06. The lowest BCUT2D eigenvalue weighted by molar-refractivity contribution is -0.0956. The summed E-state index contributed by atoms with van der Waals surface area (Å²) in [5.74, 6) is 1.78. The van der Waals surface area contributed by atoms with Crippen molar-refractivity contribution in [2.24, 2.45) is 5.92 Å². The van der Waals surface area contributed by atoms with Gasteiger partial charge >= 0.3 is 0 Å². The highest BCUT2D eigenvalue weighted by Gasteiger charge is 2.32. The Bertz CT molecular complexity index is 562. The first-order chi connectivity index (χ1) is 10.8. The van der Waals surface area contributed by atoms with Gasteiger partial charge in [-0.2, -0.15) is 0 Å². The highest BCUT2D eigenvalue weighted by Crippen LogP contribution is 2.33. The standard InChI is InChI=1S/C16H19NO5/c18-15(12-1-2-13-14(9-12)22-10-21-13)17-5-3-11(4-6-17)16-19-7-8-20-16/h1-2,9,11,16H,3-8,10H2. The Morgan fingerprint density at radius 3 is 2.55 bits per heavy atom. The zero-order valence-electron chi connectivity index (χ0n) is 12.3. The molecule has 2 fully saturated rings. The highest BCUT2D eigenvalue weighted by molar-refractivity contribution is 5.95.